The van der Waals surface area contributed by atoms with E-state index >= 15 is 0 Å². The molecule has 0 fully saturated rings. The van der Waals surface area contributed by atoms with E-state index in [-0.39, 0.29) is 23.0 Å². The third-order valence-corrected chi connectivity index (χ3v) is 3.63. The number of allylic oxidation sites excluding steroid dienone is 5. The summed E-state index contributed by atoms with van der Waals surface area (Å²) >= 11 is 0. The van der Waals surface area contributed by atoms with Crippen LogP contribution in [0, 0.1) is 6.92 Å². The van der Waals surface area contributed by atoms with Crippen molar-refractivity contribution < 1.29 is 22.2 Å². The Kier molecular flexibility index (Phi) is 7.62. The zero-order chi connectivity index (χ0) is 18.2. The van der Waals surface area contributed by atoms with Crippen LogP contribution in [0.5, 0.6) is 0 Å². The summed E-state index contributed by atoms with van der Waals surface area (Å²) in [6, 6.07) is 21.7. The zero-order valence-electron chi connectivity index (χ0n) is 14.9. The third-order valence-electron chi connectivity index (χ3n) is 3.63. The van der Waals surface area contributed by atoms with Crippen LogP contribution < -0.4 is 10.9 Å². The van der Waals surface area contributed by atoms with Gasteiger partial charge in [-0.05, 0) is 31.2 Å². The Labute approximate surface area is 169 Å². The average molecular weight is 401 g/mol. The first-order chi connectivity index (χ1) is 12.7. The molecule has 0 spiro atoms. The minimum atomic E-state index is 0. The molecule has 1 aliphatic carbocycles. The first kappa shape index (κ1) is 20.2. The molecule has 1 aliphatic rings. The fourth-order valence-corrected chi connectivity index (χ4v) is 2.40. The Morgan fingerprint density at radius 3 is 2.30 bits per heavy atom. The summed E-state index contributed by atoms with van der Waals surface area (Å²) in [5.41, 5.74) is 8.33. The molecule has 1 heterocycles. The Bertz CT molecular complexity index is 878. The standard InChI is InChI=1S/C16H16N4O.C5H5.Fe/c1-12-11-15(17-18-16(21)13-7-5-6-8-13)20(19-12)14-9-3-2-4-10-14;1-2-4-5-3-1;/h2-11,17-18,21H,1H3;1-5H;/q;-1;. The molecule has 0 aliphatic heterocycles. The maximum atomic E-state index is 9.95. The molecule has 3 aromatic rings. The minimum absolute atomic E-state index is 0. The number of hydrogen-bond donors (Lipinski definition) is 3. The molecular formula is C21H21FeN4O-. The fraction of sp³-hybridized carbons (Fsp3) is 0.0476. The van der Waals surface area contributed by atoms with Crippen LogP contribution in [0.2, 0.25) is 0 Å². The minimum Gasteiger partial charge on any atom is -0.493 e. The quantitative estimate of drug-likeness (QED) is 0.263. The van der Waals surface area contributed by atoms with Crippen LogP contribution in [0.1, 0.15) is 5.69 Å². The number of hydrazine groups is 1. The van der Waals surface area contributed by atoms with Crippen molar-refractivity contribution in [3.05, 3.63) is 108 Å². The summed E-state index contributed by atoms with van der Waals surface area (Å²) in [6.45, 7) is 1.92. The van der Waals surface area contributed by atoms with Gasteiger partial charge in [0.05, 0.1) is 11.4 Å². The number of aliphatic hydroxyl groups is 1. The summed E-state index contributed by atoms with van der Waals surface area (Å²) in [5, 5.41) is 14.4. The largest absolute Gasteiger partial charge is 0.493 e. The number of aliphatic hydroxyl groups excluding tert-OH is 1. The number of hydrogen-bond acceptors (Lipinski definition) is 4. The van der Waals surface area contributed by atoms with Crippen LogP contribution in [-0.4, -0.2) is 14.9 Å². The van der Waals surface area contributed by atoms with Gasteiger partial charge in [0.2, 0.25) is 5.88 Å². The topological polar surface area (TPSA) is 62.1 Å². The SMILES string of the molecule is Cc1cc(NNC(O)=C2C=CC=C2)n(-c2ccccc2)n1.[Fe].c1cc[cH-]c1. The van der Waals surface area contributed by atoms with Gasteiger partial charge in [-0.3, -0.25) is 10.9 Å². The summed E-state index contributed by atoms with van der Waals surface area (Å²) in [6.07, 6.45) is 7.38. The number of anilines is 1. The third kappa shape index (κ3) is 5.71. The van der Waals surface area contributed by atoms with Crippen LogP contribution in [0.3, 0.4) is 0 Å². The van der Waals surface area contributed by atoms with Crippen LogP contribution in [0.4, 0.5) is 5.82 Å². The monoisotopic (exact) mass is 401 g/mol. The molecule has 0 saturated heterocycles. The number of rotatable bonds is 4. The van der Waals surface area contributed by atoms with E-state index < -0.39 is 0 Å². The molecule has 5 nitrogen and oxygen atoms in total. The molecular weight excluding hydrogens is 380 g/mol. The Balaban J connectivity index is 0.000000379. The van der Waals surface area contributed by atoms with E-state index in [9.17, 15) is 5.11 Å². The van der Waals surface area contributed by atoms with Gasteiger partial charge in [-0.15, -0.1) is 0 Å². The van der Waals surface area contributed by atoms with Crippen molar-refractivity contribution in [1.29, 1.82) is 0 Å². The molecule has 140 valence electrons. The second kappa shape index (κ2) is 10.2. The Morgan fingerprint density at radius 2 is 1.70 bits per heavy atom. The molecule has 6 heteroatoms. The number of nitrogens with zero attached hydrogens (tertiary/aromatic N) is 2. The molecule has 1 aromatic heterocycles. The Morgan fingerprint density at radius 1 is 1.04 bits per heavy atom. The van der Waals surface area contributed by atoms with Crippen molar-refractivity contribution in [2.45, 2.75) is 6.92 Å². The predicted molar refractivity (Wildman–Crippen MR) is 105 cm³/mol. The molecule has 0 radical (unpaired) electrons. The van der Waals surface area contributed by atoms with Crippen molar-refractivity contribution in [1.82, 2.24) is 15.2 Å². The van der Waals surface area contributed by atoms with Gasteiger partial charge in [-0.25, -0.2) is 16.8 Å². The van der Waals surface area contributed by atoms with E-state index in [1.165, 1.54) is 0 Å². The van der Waals surface area contributed by atoms with Crippen LogP contribution >= 0.6 is 0 Å². The predicted octanol–water partition coefficient (Wildman–Crippen LogP) is 4.40. The van der Waals surface area contributed by atoms with Crippen LogP contribution in [0.25, 0.3) is 5.69 Å². The van der Waals surface area contributed by atoms with Crippen molar-refractivity contribution >= 4 is 5.82 Å². The molecule has 0 atom stereocenters. The zero-order valence-corrected chi connectivity index (χ0v) is 16.0. The molecule has 0 unspecified atom stereocenters. The second-order valence-electron chi connectivity index (χ2n) is 5.65. The fourth-order valence-electron chi connectivity index (χ4n) is 2.40. The number of benzene rings is 1. The molecule has 0 saturated carbocycles. The smallest absolute Gasteiger partial charge is 0.210 e. The van der Waals surface area contributed by atoms with E-state index in [0.717, 1.165) is 22.8 Å². The van der Waals surface area contributed by atoms with Crippen molar-refractivity contribution in [2.75, 3.05) is 5.43 Å². The number of aryl methyl sites for hydroxylation is 1. The van der Waals surface area contributed by atoms with Gasteiger partial charge >= 0.3 is 0 Å². The molecule has 0 amide bonds. The normalized spacial score (nSPS) is 11.4. The maximum Gasteiger partial charge on any atom is 0.210 e. The number of para-hydroxylation sites is 1. The summed E-state index contributed by atoms with van der Waals surface area (Å²) in [5.74, 6) is 0.815. The number of aromatic nitrogens is 2. The van der Waals surface area contributed by atoms with E-state index in [1.807, 2.05) is 98.0 Å². The summed E-state index contributed by atoms with van der Waals surface area (Å²) in [7, 11) is 0. The number of nitrogens with one attached hydrogen (secondary N) is 2. The van der Waals surface area contributed by atoms with Crippen molar-refractivity contribution in [2.24, 2.45) is 0 Å². The van der Waals surface area contributed by atoms with Crippen LogP contribution in [-0.2, 0) is 17.1 Å². The van der Waals surface area contributed by atoms with Gasteiger partial charge in [0.25, 0.3) is 0 Å². The van der Waals surface area contributed by atoms with Gasteiger partial charge in [0.15, 0.2) is 0 Å². The van der Waals surface area contributed by atoms with Crippen LogP contribution in [0.15, 0.2) is 102 Å². The van der Waals surface area contributed by atoms with E-state index in [4.69, 9.17) is 0 Å². The van der Waals surface area contributed by atoms with Gasteiger partial charge in [-0.1, -0.05) is 30.4 Å². The van der Waals surface area contributed by atoms with Gasteiger partial charge in [0.1, 0.15) is 5.82 Å². The molecule has 0 bridgehead atoms. The summed E-state index contributed by atoms with van der Waals surface area (Å²) < 4.78 is 1.78. The van der Waals surface area contributed by atoms with Crippen molar-refractivity contribution in [3.8, 4) is 5.69 Å². The molecule has 4 rings (SSSR count). The van der Waals surface area contributed by atoms with Crippen molar-refractivity contribution in [3.63, 3.8) is 0 Å². The first-order valence-electron chi connectivity index (χ1n) is 8.33. The van der Waals surface area contributed by atoms with Gasteiger partial charge in [0, 0.05) is 28.7 Å². The van der Waals surface area contributed by atoms with E-state index in [2.05, 4.69) is 16.0 Å². The van der Waals surface area contributed by atoms with Gasteiger partial charge in [-0.2, -0.15) is 23.3 Å². The molecule has 2 aromatic carbocycles. The Hall–Kier alpha value is -3.08. The molecule has 27 heavy (non-hydrogen) atoms. The average Bonchev–Trinajstić information content (AvgIpc) is 3.43. The van der Waals surface area contributed by atoms with E-state index in [1.54, 1.807) is 4.68 Å². The summed E-state index contributed by atoms with van der Waals surface area (Å²) in [4.78, 5) is 0. The second-order valence-corrected chi connectivity index (χ2v) is 5.65. The van der Waals surface area contributed by atoms with Gasteiger partial charge < -0.3 is 5.11 Å². The molecule has 3 N–H and O–H groups in total. The first-order valence-corrected chi connectivity index (χ1v) is 8.33. The van der Waals surface area contributed by atoms with E-state index in [0.29, 0.717) is 0 Å². The maximum absolute atomic E-state index is 9.95.